The van der Waals surface area contributed by atoms with Gasteiger partial charge in [-0.15, -0.1) is 0 Å². The van der Waals surface area contributed by atoms with E-state index in [4.69, 9.17) is 22.1 Å². The molecule has 1 saturated heterocycles. The lowest BCUT2D eigenvalue weighted by Gasteiger charge is -2.36. The normalized spacial score (nSPS) is 14.2. The zero-order valence-electron chi connectivity index (χ0n) is 17.7. The molecular formula is C22H24ClN5O3. The molecule has 0 aliphatic carbocycles. The fraction of sp³-hybridized carbons (Fsp3) is 0.364. The van der Waals surface area contributed by atoms with Gasteiger partial charge in [-0.1, -0.05) is 17.7 Å². The van der Waals surface area contributed by atoms with Crippen LogP contribution in [0.3, 0.4) is 0 Å². The van der Waals surface area contributed by atoms with Gasteiger partial charge in [-0.2, -0.15) is 5.26 Å². The summed E-state index contributed by atoms with van der Waals surface area (Å²) < 4.78 is 5.42. The molecule has 1 aromatic carbocycles. The summed E-state index contributed by atoms with van der Waals surface area (Å²) in [5, 5.41) is 9.91. The van der Waals surface area contributed by atoms with Crippen molar-refractivity contribution in [3.8, 4) is 17.2 Å². The summed E-state index contributed by atoms with van der Waals surface area (Å²) in [4.78, 5) is 31.8. The molecule has 9 heteroatoms. The summed E-state index contributed by atoms with van der Waals surface area (Å²) in [6, 6.07) is 8.82. The number of nitriles is 1. The topological polar surface area (TPSA) is 113 Å². The molecule has 0 saturated carbocycles. The number of halogens is 1. The van der Waals surface area contributed by atoms with Gasteiger partial charge in [0.2, 0.25) is 5.91 Å². The third kappa shape index (κ3) is 5.25. The van der Waals surface area contributed by atoms with E-state index < -0.39 is 11.5 Å². The molecule has 0 spiro atoms. The van der Waals surface area contributed by atoms with Crippen LogP contribution in [0.5, 0.6) is 0 Å². The van der Waals surface area contributed by atoms with Crippen LogP contribution < -0.4 is 10.6 Å². The van der Waals surface area contributed by atoms with Crippen LogP contribution in [0.1, 0.15) is 36.7 Å². The van der Waals surface area contributed by atoms with Crippen molar-refractivity contribution in [2.24, 2.45) is 5.73 Å². The van der Waals surface area contributed by atoms with E-state index in [1.807, 2.05) is 25.7 Å². The number of primary amides is 1. The number of nitrogens with zero attached hydrogens (tertiary/aromatic N) is 4. The smallest absolute Gasteiger partial charge is 0.410 e. The lowest BCUT2D eigenvalue weighted by atomic mass is 10.0. The molecule has 2 N–H and O–H groups in total. The van der Waals surface area contributed by atoms with E-state index in [-0.39, 0.29) is 16.7 Å². The fourth-order valence-corrected chi connectivity index (χ4v) is 3.55. The first kappa shape index (κ1) is 22.4. The van der Waals surface area contributed by atoms with Crippen molar-refractivity contribution in [3.05, 3.63) is 46.6 Å². The van der Waals surface area contributed by atoms with E-state index in [9.17, 15) is 14.9 Å². The Morgan fingerprint density at radius 3 is 2.39 bits per heavy atom. The largest absolute Gasteiger partial charge is 0.444 e. The number of nitrogens with two attached hydrogens (primary N) is 1. The van der Waals surface area contributed by atoms with Gasteiger partial charge in [0.25, 0.3) is 0 Å². The molecule has 0 atom stereocenters. The first-order valence-corrected chi connectivity index (χ1v) is 10.2. The number of anilines is 1. The van der Waals surface area contributed by atoms with Crippen LogP contribution in [-0.2, 0) is 4.74 Å². The molecule has 1 aliphatic rings. The molecule has 0 bridgehead atoms. The summed E-state index contributed by atoms with van der Waals surface area (Å²) in [6.45, 7) is 7.54. The molecule has 2 amide bonds. The minimum Gasteiger partial charge on any atom is -0.444 e. The summed E-state index contributed by atoms with van der Waals surface area (Å²) in [6.07, 6.45) is 1.32. The number of hydrogen-bond donors (Lipinski definition) is 1. The second-order valence-electron chi connectivity index (χ2n) is 8.22. The first-order valence-electron chi connectivity index (χ1n) is 9.82. The highest BCUT2D eigenvalue weighted by Crippen LogP contribution is 2.29. The van der Waals surface area contributed by atoms with E-state index in [2.05, 4.69) is 11.1 Å². The van der Waals surface area contributed by atoms with Crippen LogP contribution >= 0.6 is 11.6 Å². The number of benzene rings is 1. The molecule has 1 fully saturated rings. The summed E-state index contributed by atoms with van der Waals surface area (Å²) in [5.41, 5.74) is 6.82. The number of piperazine rings is 1. The Bertz CT molecular complexity index is 1050. The van der Waals surface area contributed by atoms with Gasteiger partial charge in [-0.3, -0.25) is 4.79 Å². The zero-order valence-corrected chi connectivity index (χ0v) is 18.4. The van der Waals surface area contributed by atoms with Gasteiger partial charge in [-0.05, 0) is 44.5 Å². The van der Waals surface area contributed by atoms with E-state index in [1.54, 1.807) is 35.4 Å². The molecule has 162 valence electrons. The van der Waals surface area contributed by atoms with E-state index in [0.29, 0.717) is 43.1 Å². The van der Waals surface area contributed by atoms with Crippen molar-refractivity contribution in [1.29, 1.82) is 5.26 Å². The molecular weight excluding hydrogens is 418 g/mol. The summed E-state index contributed by atoms with van der Waals surface area (Å²) >= 11 is 6.14. The number of rotatable bonds is 3. The second kappa shape index (κ2) is 8.82. The van der Waals surface area contributed by atoms with Gasteiger partial charge in [-0.25, -0.2) is 9.78 Å². The Kier molecular flexibility index (Phi) is 6.37. The molecule has 2 heterocycles. The van der Waals surface area contributed by atoms with E-state index >= 15 is 0 Å². The number of hydrogen-bond acceptors (Lipinski definition) is 6. The Hall–Kier alpha value is -3.31. The van der Waals surface area contributed by atoms with Crippen molar-refractivity contribution >= 4 is 29.4 Å². The average Bonchev–Trinajstić information content (AvgIpc) is 2.71. The van der Waals surface area contributed by atoms with Crippen LogP contribution in [0.4, 0.5) is 10.6 Å². The predicted octanol–water partition coefficient (Wildman–Crippen LogP) is 3.43. The van der Waals surface area contributed by atoms with Crippen molar-refractivity contribution in [3.63, 3.8) is 0 Å². The number of carbonyl (C=O) groups is 2. The number of pyridine rings is 1. The molecule has 0 radical (unpaired) electrons. The standard InChI is InChI=1S/C22H24ClN5O3/c1-22(2,3)31-21(30)28-8-6-27(7-9-28)20-15(12-24)10-16(13-26-20)14-4-5-17(19(25)29)18(23)11-14/h4-5,10-11,13H,6-9H2,1-3H3,(H2,25,29). The van der Waals surface area contributed by atoms with Gasteiger partial charge >= 0.3 is 6.09 Å². The minimum absolute atomic E-state index is 0.235. The molecule has 2 aromatic rings. The highest BCUT2D eigenvalue weighted by Gasteiger charge is 2.27. The SMILES string of the molecule is CC(C)(C)OC(=O)N1CCN(c2ncc(-c3ccc(C(N)=O)c(Cl)c3)cc2C#N)CC1. The zero-order chi connectivity index (χ0) is 22.8. The van der Waals surface area contributed by atoms with Crippen molar-refractivity contribution < 1.29 is 14.3 Å². The summed E-state index contributed by atoms with van der Waals surface area (Å²) in [5.74, 6) is -0.0387. The maximum absolute atomic E-state index is 12.3. The van der Waals surface area contributed by atoms with Gasteiger partial charge in [0.1, 0.15) is 17.5 Å². The molecule has 31 heavy (non-hydrogen) atoms. The van der Waals surface area contributed by atoms with Crippen LogP contribution in [0.15, 0.2) is 30.5 Å². The first-order chi connectivity index (χ1) is 14.6. The monoisotopic (exact) mass is 441 g/mol. The molecule has 3 rings (SSSR count). The predicted molar refractivity (Wildman–Crippen MR) is 118 cm³/mol. The van der Waals surface area contributed by atoms with Gasteiger partial charge < -0.3 is 20.3 Å². The maximum Gasteiger partial charge on any atom is 0.410 e. The Balaban J connectivity index is 1.76. The molecule has 1 aliphatic heterocycles. The van der Waals surface area contributed by atoms with Gasteiger partial charge in [0.15, 0.2) is 0 Å². The third-order valence-electron chi connectivity index (χ3n) is 4.79. The third-order valence-corrected chi connectivity index (χ3v) is 5.10. The Labute approximate surface area is 186 Å². The number of ether oxygens (including phenoxy) is 1. The van der Waals surface area contributed by atoms with Gasteiger partial charge in [0, 0.05) is 37.9 Å². The van der Waals surface area contributed by atoms with E-state index in [1.165, 1.54) is 0 Å². The number of carbonyl (C=O) groups excluding carboxylic acids is 2. The molecule has 0 unspecified atom stereocenters. The van der Waals surface area contributed by atoms with Crippen LogP contribution in [0.25, 0.3) is 11.1 Å². The lowest BCUT2D eigenvalue weighted by molar-refractivity contribution is 0.0240. The Morgan fingerprint density at radius 1 is 1.16 bits per heavy atom. The second-order valence-corrected chi connectivity index (χ2v) is 8.63. The maximum atomic E-state index is 12.3. The average molecular weight is 442 g/mol. The minimum atomic E-state index is -0.603. The van der Waals surface area contributed by atoms with E-state index in [0.717, 1.165) is 5.56 Å². The van der Waals surface area contributed by atoms with Crippen molar-refractivity contribution in [1.82, 2.24) is 9.88 Å². The van der Waals surface area contributed by atoms with Gasteiger partial charge in [0.05, 0.1) is 16.1 Å². The van der Waals surface area contributed by atoms with Crippen LogP contribution in [0.2, 0.25) is 5.02 Å². The lowest BCUT2D eigenvalue weighted by Crippen LogP contribution is -2.50. The fourth-order valence-electron chi connectivity index (χ4n) is 3.27. The molecule has 1 aromatic heterocycles. The molecule has 8 nitrogen and oxygen atoms in total. The summed E-state index contributed by atoms with van der Waals surface area (Å²) in [7, 11) is 0. The number of amides is 2. The Morgan fingerprint density at radius 2 is 1.84 bits per heavy atom. The van der Waals surface area contributed by atoms with Crippen LogP contribution in [0, 0.1) is 11.3 Å². The highest BCUT2D eigenvalue weighted by atomic mass is 35.5. The quantitative estimate of drug-likeness (QED) is 0.780. The van der Waals surface area contributed by atoms with Crippen molar-refractivity contribution in [2.45, 2.75) is 26.4 Å². The van der Waals surface area contributed by atoms with Crippen LogP contribution in [-0.4, -0.2) is 53.7 Å². The number of aromatic nitrogens is 1. The van der Waals surface area contributed by atoms with Crippen molar-refractivity contribution in [2.75, 3.05) is 31.1 Å². The highest BCUT2D eigenvalue weighted by molar-refractivity contribution is 6.34.